The number of benzene rings is 1. The zero-order valence-electron chi connectivity index (χ0n) is 9.58. The van der Waals surface area contributed by atoms with E-state index in [2.05, 4.69) is 20.7 Å². The smallest absolute Gasteiger partial charge is 0.207 e. The van der Waals surface area contributed by atoms with E-state index in [4.69, 9.17) is 5.26 Å². The van der Waals surface area contributed by atoms with Gasteiger partial charge in [-0.1, -0.05) is 0 Å². The fourth-order valence-corrected chi connectivity index (χ4v) is 4.41. The van der Waals surface area contributed by atoms with Crippen LogP contribution >= 0.6 is 15.9 Å². The number of nitrogens with one attached hydrogen (secondary N) is 1. The van der Waals surface area contributed by atoms with Crippen LogP contribution in [0.2, 0.25) is 0 Å². The normalized spacial score (nSPS) is 17.6. The summed E-state index contributed by atoms with van der Waals surface area (Å²) in [4.78, 5) is -0.685. The van der Waals surface area contributed by atoms with E-state index in [1.54, 1.807) is 0 Å². The average Bonchev–Trinajstić information content (AvgIpc) is 2.21. The number of halogens is 3. The summed E-state index contributed by atoms with van der Waals surface area (Å²) in [6, 6.07) is 3.23. The van der Waals surface area contributed by atoms with Gasteiger partial charge in [0.2, 0.25) is 10.0 Å². The summed E-state index contributed by atoms with van der Waals surface area (Å²) in [5, 5.41) is 8.99. The van der Waals surface area contributed by atoms with Crippen molar-refractivity contribution in [2.75, 3.05) is 0 Å². The lowest BCUT2D eigenvalue weighted by Crippen LogP contribution is -2.52. The van der Waals surface area contributed by atoms with Crippen molar-refractivity contribution in [2.45, 2.75) is 29.7 Å². The van der Waals surface area contributed by atoms with Gasteiger partial charge in [0, 0.05) is 10.5 Å². The predicted molar refractivity (Wildman–Crippen MR) is 66.6 cm³/mol. The van der Waals surface area contributed by atoms with Crippen molar-refractivity contribution in [1.82, 2.24) is 4.72 Å². The summed E-state index contributed by atoms with van der Waals surface area (Å²) in [6.45, 7) is 0. The number of rotatable bonds is 3. The minimum atomic E-state index is -4.23. The quantitative estimate of drug-likeness (QED) is 0.910. The topological polar surface area (TPSA) is 70.0 Å². The van der Waals surface area contributed by atoms with Gasteiger partial charge < -0.3 is 0 Å². The Bertz CT molecular complexity index is 643. The first-order valence-corrected chi connectivity index (χ1v) is 7.67. The SMILES string of the molecule is N#CC1(NS(=O)(=O)c2c(F)cc(F)cc2Br)CCC1. The molecule has 1 aliphatic carbocycles. The maximum atomic E-state index is 13.6. The standard InChI is InChI=1S/C11H9BrF2N2O2S/c12-8-4-7(13)5-9(14)10(8)19(17,18)16-11(6-15)2-1-3-11/h4-5,16H,1-3H2. The van der Waals surface area contributed by atoms with Crippen molar-refractivity contribution in [3.05, 3.63) is 28.2 Å². The van der Waals surface area contributed by atoms with Crippen LogP contribution in [0.3, 0.4) is 0 Å². The van der Waals surface area contributed by atoms with E-state index in [1.165, 1.54) is 0 Å². The van der Waals surface area contributed by atoms with E-state index in [9.17, 15) is 17.2 Å². The highest BCUT2D eigenvalue weighted by atomic mass is 79.9. The summed E-state index contributed by atoms with van der Waals surface area (Å²) in [5.41, 5.74) is -1.18. The molecule has 0 unspecified atom stereocenters. The van der Waals surface area contributed by atoms with Crippen LogP contribution in [0, 0.1) is 23.0 Å². The van der Waals surface area contributed by atoms with E-state index in [1.807, 2.05) is 6.07 Å². The summed E-state index contributed by atoms with van der Waals surface area (Å²) >= 11 is 2.82. The third-order valence-corrected chi connectivity index (χ3v) is 5.48. The second kappa shape index (κ2) is 4.81. The predicted octanol–water partition coefficient (Wildman–Crippen LogP) is 2.45. The zero-order chi connectivity index (χ0) is 14.3. The van der Waals surface area contributed by atoms with Crippen LogP contribution < -0.4 is 4.72 Å². The third kappa shape index (κ3) is 2.63. The Morgan fingerprint density at radius 3 is 2.42 bits per heavy atom. The molecular formula is C11H9BrF2N2O2S. The maximum Gasteiger partial charge on any atom is 0.246 e. The van der Waals surface area contributed by atoms with E-state index in [0.717, 1.165) is 12.5 Å². The van der Waals surface area contributed by atoms with Crippen LogP contribution in [0.25, 0.3) is 0 Å². The maximum absolute atomic E-state index is 13.6. The second-order valence-electron chi connectivity index (χ2n) is 4.35. The Balaban J connectivity index is 2.44. The fourth-order valence-electron chi connectivity index (χ4n) is 1.86. The Hall–Kier alpha value is -1.04. The Morgan fingerprint density at radius 1 is 1.37 bits per heavy atom. The molecule has 0 aromatic heterocycles. The van der Waals surface area contributed by atoms with Gasteiger partial charge >= 0.3 is 0 Å². The first kappa shape index (κ1) is 14.4. The lowest BCUT2D eigenvalue weighted by atomic mass is 9.79. The molecule has 0 heterocycles. The molecule has 102 valence electrons. The van der Waals surface area contributed by atoms with Gasteiger partial charge in [-0.15, -0.1) is 0 Å². The molecule has 0 amide bonds. The van der Waals surface area contributed by atoms with Gasteiger partial charge in [0.1, 0.15) is 22.1 Å². The summed E-state index contributed by atoms with van der Waals surface area (Å²) in [5.74, 6) is -2.09. The Morgan fingerprint density at radius 2 is 2.00 bits per heavy atom. The monoisotopic (exact) mass is 350 g/mol. The van der Waals surface area contributed by atoms with Gasteiger partial charge in [-0.25, -0.2) is 17.2 Å². The highest BCUT2D eigenvalue weighted by molar-refractivity contribution is 9.10. The molecule has 0 radical (unpaired) electrons. The van der Waals surface area contributed by atoms with Crippen LogP contribution in [0.5, 0.6) is 0 Å². The van der Waals surface area contributed by atoms with Crippen molar-refractivity contribution < 1.29 is 17.2 Å². The van der Waals surface area contributed by atoms with Crippen molar-refractivity contribution in [3.63, 3.8) is 0 Å². The van der Waals surface area contributed by atoms with E-state index in [0.29, 0.717) is 18.9 Å². The van der Waals surface area contributed by atoms with E-state index >= 15 is 0 Å². The molecule has 0 aliphatic heterocycles. The highest BCUT2D eigenvalue weighted by Gasteiger charge is 2.42. The molecule has 1 aromatic rings. The first-order valence-electron chi connectivity index (χ1n) is 5.39. The van der Waals surface area contributed by atoms with Crippen LogP contribution in [0.1, 0.15) is 19.3 Å². The molecule has 1 aromatic carbocycles. The minimum absolute atomic E-state index is 0.218. The Labute approximate surface area is 117 Å². The van der Waals surface area contributed by atoms with Crippen LogP contribution in [-0.2, 0) is 10.0 Å². The molecule has 0 saturated heterocycles. The van der Waals surface area contributed by atoms with E-state index in [-0.39, 0.29) is 4.47 Å². The molecule has 8 heteroatoms. The lowest BCUT2D eigenvalue weighted by Gasteiger charge is -2.35. The lowest BCUT2D eigenvalue weighted by molar-refractivity contribution is 0.296. The average molecular weight is 351 g/mol. The number of nitriles is 1. The molecule has 1 aliphatic rings. The molecular weight excluding hydrogens is 342 g/mol. The van der Waals surface area contributed by atoms with Crippen molar-refractivity contribution in [2.24, 2.45) is 0 Å². The molecule has 2 rings (SSSR count). The zero-order valence-corrected chi connectivity index (χ0v) is 12.0. The number of sulfonamides is 1. The molecule has 0 atom stereocenters. The fraction of sp³-hybridized carbons (Fsp3) is 0.364. The molecule has 1 fully saturated rings. The van der Waals surface area contributed by atoms with Gasteiger partial charge in [-0.05, 0) is 41.3 Å². The molecule has 0 bridgehead atoms. The van der Waals surface area contributed by atoms with Crippen LogP contribution in [0.15, 0.2) is 21.5 Å². The summed E-state index contributed by atoms with van der Waals surface area (Å²) in [7, 11) is -4.23. The van der Waals surface area contributed by atoms with Crippen LogP contribution in [-0.4, -0.2) is 14.0 Å². The van der Waals surface area contributed by atoms with Gasteiger partial charge in [0.25, 0.3) is 0 Å². The molecule has 4 nitrogen and oxygen atoms in total. The first-order chi connectivity index (χ1) is 8.80. The number of nitrogens with zero attached hydrogens (tertiary/aromatic N) is 1. The van der Waals surface area contributed by atoms with Gasteiger partial charge in [0.05, 0.1) is 6.07 Å². The van der Waals surface area contributed by atoms with Crippen molar-refractivity contribution in [1.29, 1.82) is 5.26 Å². The number of hydrogen-bond donors (Lipinski definition) is 1. The molecule has 1 saturated carbocycles. The molecule has 0 spiro atoms. The molecule has 1 N–H and O–H groups in total. The number of hydrogen-bond acceptors (Lipinski definition) is 3. The van der Waals surface area contributed by atoms with Crippen LogP contribution in [0.4, 0.5) is 8.78 Å². The summed E-state index contributed by atoms with van der Waals surface area (Å²) in [6.07, 6.45) is 1.48. The van der Waals surface area contributed by atoms with Crippen molar-refractivity contribution in [3.8, 4) is 6.07 Å². The molecule has 19 heavy (non-hydrogen) atoms. The van der Waals surface area contributed by atoms with E-state index < -0.39 is 32.1 Å². The van der Waals surface area contributed by atoms with Gasteiger partial charge in [-0.3, -0.25) is 0 Å². The summed E-state index contributed by atoms with van der Waals surface area (Å²) < 4.78 is 52.7. The largest absolute Gasteiger partial charge is 0.246 e. The van der Waals surface area contributed by atoms with Crippen molar-refractivity contribution >= 4 is 26.0 Å². The third-order valence-electron chi connectivity index (χ3n) is 2.98. The minimum Gasteiger partial charge on any atom is -0.207 e. The van der Waals surface area contributed by atoms with Gasteiger partial charge in [0.15, 0.2) is 0 Å². The second-order valence-corrected chi connectivity index (χ2v) is 6.83. The van der Waals surface area contributed by atoms with Gasteiger partial charge in [-0.2, -0.15) is 9.98 Å². The Kier molecular flexibility index (Phi) is 3.64. The highest BCUT2D eigenvalue weighted by Crippen LogP contribution is 2.34.